The van der Waals surface area contributed by atoms with Crippen LogP contribution in [0.2, 0.25) is 5.15 Å². The highest BCUT2D eigenvalue weighted by atomic mass is 35.5. The van der Waals surface area contributed by atoms with Crippen molar-refractivity contribution in [3.63, 3.8) is 0 Å². The Morgan fingerprint density at radius 1 is 1.21 bits per heavy atom. The smallest absolute Gasteiger partial charge is 0.340 e. The number of methoxy groups -OCH3 is 1. The highest BCUT2D eigenvalue weighted by molar-refractivity contribution is 6.36. The molecule has 0 aliphatic heterocycles. The molecule has 0 atom stereocenters. The zero-order chi connectivity index (χ0) is 13.4. The van der Waals surface area contributed by atoms with E-state index in [1.165, 1.54) is 7.11 Å². The average molecular weight is 273 g/mol. The highest BCUT2D eigenvalue weighted by Crippen LogP contribution is 2.30. The molecule has 0 saturated carbocycles. The Bertz CT molecular complexity index is 802. The van der Waals surface area contributed by atoms with Crippen LogP contribution in [0.1, 0.15) is 10.4 Å². The lowest BCUT2D eigenvalue weighted by atomic mass is 10.1. The topological polar surface area (TPSA) is 52.1 Å². The number of halogens is 1. The normalized spacial score (nSPS) is 10.8. The van der Waals surface area contributed by atoms with Crippen LogP contribution in [0, 0.1) is 0 Å². The van der Waals surface area contributed by atoms with Gasteiger partial charge in [-0.05, 0) is 12.1 Å². The number of benzene rings is 1. The second-order valence-electron chi connectivity index (χ2n) is 4.02. The molecule has 0 fully saturated rings. The number of hydrogen-bond donors (Lipinski definition) is 0. The van der Waals surface area contributed by atoms with E-state index in [0.29, 0.717) is 16.2 Å². The molecule has 3 aromatic rings. The standard InChI is InChI=1S/C14H9ClN2O2/c1-19-14(18)10-4-2-3-8-11-7-16-6-5-9(11)13(15)17-12(8)10/h2-7H,1H3. The van der Waals surface area contributed by atoms with Gasteiger partial charge in [0.15, 0.2) is 0 Å². The van der Waals surface area contributed by atoms with E-state index in [4.69, 9.17) is 16.3 Å². The van der Waals surface area contributed by atoms with Crippen molar-refractivity contribution in [2.75, 3.05) is 7.11 Å². The second-order valence-corrected chi connectivity index (χ2v) is 4.38. The monoisotopic (exact) mass is 272 g/mol. The molecule has 5 heteroatoms. The van der Waals surface area contributed by atoms with Crippen molar-refractivity contribution in [3.05, 3.63) is 47.4 Å². The fraction of sp³-hybridized carbons (Fsp3) is 0.0714. The van der Waals surface area contributed by atoms with Gasteiger partial charge in [0.2, 0.25) is 0 Å². The van der Waals surface area contributed by atoms with Crippen LogP contribution in [0.4, 0.5) is 0 Å². The van der Waals surface area contributed by atoms with Crippen molar-refractivity contribution in [1.29, 1.82) is 0 Å². The minimum Gasteiger partial charge on any atom is -0.465 e. The maximum absolute atomic E-state index is 11.8. The number of pyridine rings is 2. The fourth-order valence-electron chi connectivity index (χ4n) is 2.10. The van der Waals surface area contributed by atoms with Crippen LogP contribution in [0.25, 0.3) is 21.7 Å². The van der Waals surface area contributed by atoms with Crippen LogP contribution in [0.15, 0.2) is 36.7 Å². The molecule has 0 saturated heterocycles. The van der Waals surface area contributed by atoms with Gasteiger partial charge in [0, 0.05) is 28.6 Å². The fourth-order valence-corrected chi connectivity index (χ4v) is 2.35. The summed E-state index contributed by atoms with van der Waals surface area (Å²) in [5.41, 5.74) is 0.924. The summed E-state index contributed by atoms with van der Waals surface area (Å²) in [5.74, 6) is -0.433. The predicted molar refractivity (Wildman–Crippen MR) is 73.4 cm³/mol. The number of carbonyl (C=O) groups is 1. The van der Waals surface area contributed by atoms with Gasteiger partial charge in [-0.25, -0.2) is 9.78 Å². The molecule has 4 nitrogen and oxygen atoms in total. The van der Waals surface area contributed by atoms with Gasteiger partial charge in [0.25, 0.3) is 0 Å². The Kier molecular flexibility index (Phi) is 2.80. The van der Waals surface area contributed by atoms with Crippen LogP contribution in [0.3, 0.4) is 0 Å². The molecule has 19 heavy (non-hydrogen) atoms. The predicted octanol–water partition coefficient (Wildman–Crippen LogP) is 3.22. The quantitative estimate of drug-likeness (QED) is 0.388. The van der Waals surface area contributed by atoms with E-state index in [-0.39, 0.29) is 0 Å². The van der Waals surface area contributed by atoms with Gasteiger partial charge < -0.3 is 4.74 Å². The summed E-state index contributed by atoms with van der Waals surface area (Å²) >= 11 is 6.16. The number of nitrogens with zero attached hydrogens (tertiary/aromatic N) is 2. The van der Waals surface area contributed by atoms with Gasteiger partial charge in [0.1, 0.15) is 5.15 Å². The molecule has 0 aliphatic rings. The molecule has 94 valence electrons. The Morgan fingerprint density at radius 2 is 2.05 bits per heavy atom. The summed E-state index contributed by atoms with van der Waals surface area (Å²) in [6.07, 6.45) is 3.37. The number of fused-ring (bicyclic) bond motifs is 3. The van der Waals surface area contributed by atoms with E-state index in [2.05, 4.69) is 9.97 Å². The molecule has 0 radical (unpaired) electrons. The molecule has 1 aromatic carbocycles. The summed E-state index contributed by atoms with van der Waals surface area (Å²) in [6, 6.07) is 7.14. The third-order valence-electron chi connectivity index (χ3n) is 2.98. The van der Waals surface area contributed by atoms with E-state index < -0.39 is 5.97 Å². The third-order valence-corrected chi connectivity index (χ3v) is 3.27. The van der Waals surface area contributed by atoms with Gasteiger partial charge in [-0.2, -0.15) is 0 Å². The SMILES string of the molecule is COC(=O)c1cccc2c1nc(Cl)c1ccncc12. The van der Waals surface area contributed by atoms with Gasteiger partial charge >= 0.3 is 5.97 Å². The Hall–Kier alpha value is -2.20. The molecule has 0 aliphatic carbocycles. The van der Waals surface area contributed by atoms with Crippen molar-refractivity contribution in [2.24, 2.45) is 0 Å². The number of para-hydroxylation sites is 1. The van der Waals surface area contributed by atoms with Crippen LogP contribution < -0.4 is 0 Å². The van der Waals surface area contributed by atoms with Gasteiger partial charge in [-0.1, -0.05) is 23.7 Å². The first-order valence-corrected chi connectivity index (χ1v) is 6.00. The summed E-state index contributed by atoms with van der Waals surface area (Å²) in [4.78, 5) is 20.2. The number of hydrogen-bond acceptors (Lipinski definition) is 4. The molecule has 0 spiro atoms. The van der Waals surface area contributed by atoms with Crippen molar-refractivity contribution in [2.45, 2.75) is 0 Å². The zero-order valence-electron chi connectivity index (χ0n) is 10.1. The van der Waals surface area contributed by atoms with E-state index in [1.54, 1.807) is 30.6 Å². The molecule has 0 bridgehead atoms. The highest BCUT2D eigenvalue weighted by Gasteiger charge is 2.14. The molecular weight excluding hydrogens is 264 g/mol. The Labute approximate surface area is 114 Å². The lowest BCUT2D eigenvalue weighted by molar-refractivity contribution is 0.0603. The first-order valence-electron chi connectivity index (χ1n) is 5.62. The Balaban J connectivity index is 2.49. The number of carbonyl (C=O) groups excluding carboxylic acids is 1. The van der Waals surface area contributed by atoms with Crippen LogP contribution in [-0.2, 0) is 4.74 Å². The van der Waals surface area contributed by atoms with E-state index in [9.17, 15) is 4.79 Å². The third kappa shape index (κ3) is 1.81. The number of esters is 1. The lowest BCUT2D eigenvalue weighted by Gasteiger charge is -2.08. The first kappa shape index (κ1) is 11.9. The van der Waals surface area contributed by atoms with E-state index in [0.717, 1.165) is 16.2 Å². The molecule has 0 unspecified atom stereocenters. The minimum atomic E-state index is -0.433. The molecular formula is C14H9ClN2O2. The van der Waals surface area contributed by atoms with Crippen LogP contribution in [-0.4, -0.2) is 23.0 Å². The largest absolute Gasteiger partial charge is 0.465 e. The van der Waals surface area contributed by atoms with Crippen molar-refractivity contribution < 1.29 is 9.53 Å². The van der Waals surface area contributed by atoms with E-state index in [1.807, 2.05) is 6.07 Å². The van der Waals surface area contributed by atoms with Gasteiger partial charge in [-0.3, -0.25) is 4.98 Å². The van der Waals surface area contributed by atoms with Crippen molar-refractivity contribution in [3.8, 4) is 0 Å². The van der Waals surface area contributed by atoms with Crippen LogP contribution >= 0.6 is 11.6 Å². The Morgan fingerprint density at radius 3 is 2.84 bits per heavy atom. The van der Waals surface area contributed by atoms with E-state index >= 15 is 0 Å². The van der Waals surface area contributed by atoms with Crippen LogP contribution in [0.5, 0.6) is 0 Å². The first-order chi connectivity index (χ1) is 9.22. The molecule has 0 N–H and O–H groups in total. The van der Waals surface area contributed by atoms with Gasteiger partial charge in [-0.15, -0.1) is 0 Å². The van der Waals surface area contributed by atoms with Crippen molar-refractivity contribution >= 4 is 39.2 Å². The average Bonchev–Trinajstić information content (AvgIpc) is 2.46. The molecule has 0 amide bonds. The number of aromatic nitrogens is 2. The summed E-state index contributed by atoms with van der Waals surface area (Å²) < 4.78 is 4.76. The molecule has 2 heterocycles. The maximum atomic E-state index is 11.8. The molecule has 2 aromatic heterocycles. The minimum absolute atomic E-state index is 0.348. The summed E-state index contributed by atoms with van der Waals surface area (Å²) in [5, 5.41) is 2.85. The maximum Gasteiger partial charge on any atom is 0.340 e. The van der Waals surface area contributed by atoms with Gasteiger partial charge in [0.05, 0.1) is 18.2 Å². The second kappa shape index (κ2) is 4.48. The zero-order valence-corrected chi connectivity index (χ0v) is 10.8. The number of rotatable bonds is 1. The lowest BCUT2D eigenvalue weighted by Crippen LogP contribution is -2.03. The summed E-state index contributed by atoms with van der Waals surface area (Å²) in [6.45, 7) is 0. The summed E-state index contributed by atoms with van der Waals surface area (Å²) in [7, 11) is 1.34. The molecule has 3 rings (SSSR count). The number of ether oxygens (including phenoxy) is 1. The van der Waals surface area contributed by atoms with Crippen molar-refractivity contribution in [1.82, 2.24) is 9.97 Å².